The fourth-order valence-corrected chi connectivity index (χ4v) is 3.33. The number of hydrazone groups is 1. The zero-order chi connectivity index (χ0) is 20.3. The summed E-state index contributed by atoms with van der Waals surface area (Å²) in [5.74, 6) is 0.470. The van der Waals surface area contributed by atoms with Gasteiger partial charge in [0.05, 0.1) is 22.4 Å². The summed E-state index contributed by atoms with van der Waals surface area (Å²) in [5, 5.41) is 7.65. The first-order valence-corrected chi connectivity index (χ1v) is 9.54. The molecule has 3 rings (SSSR count). The Bertz CT molecular complexity index is 953. The molecule has 1 heterocycles. The van der Waals surface area contributed by atoms with Gasteiger partial charge in [-0.3, -0.25) is 4.79 Å². The van der Waals surface area contributed by atoms with Gasteiger partial charge in [0.2, 0.25) is 0 Å². The Balaban J connectivity index is 1.84. The van der Waals surface area contributed by atoms with Gasteiger partial charge in [0.25, 0.3) is 5.91 Å². The number of carbonyl (C=O) groups excluding carboxylic acids is 2. The highest BCUT2D eigenvalue weighted by atomic mass is 35.5. The van der Waals surface area contributed by atoms with Gasteiger partial charge in [0.1, 0.15) is 5.76 Å². The number of amides is 2. The Morgan fingerprint density at radius 2 is 2.04 bits per heavy atom. The number of rotatable bonds is 4. The van der Waals surface area contributed by atoms with Crippen molar-refractivity contribution in [3.8, 4) is 0 Å². The Hall–Kier alpha value is -2.51. The molecule has 2 amide bonds. The molecular formula is C19H19Cl2N3O4. The second-order valence-corrected chi connectivity index (χ2v) is 7.00. The van der Waals surface area contributed by atoms with Crippen LogP contribution in [0.2, 0.25) is 10.0 Å². The highest BCUT2D eigenvalue weighted by Gasteiger charge is 2.28. The molecule has 0 bridgehead atoms. The van der Waals surface area contributed by atoms with Crippen LogP contribution in [0.4, 0.5) is 10.5 Å². The molecule has 0 atom stereocenters. The molecule has 0 fully saturated rings. The van der Waals surface area contributed by atoms with Gasteiger partial charge >= 0.3 is 6.09 Å². The maximum Gasteiger partial charge on any atom is 0.427 e. The van der Waals surface area contributed by atoms with Crippen molar-refractivity contribution in [2.45, 2.75) is 33.1 Å². The maximum absolute atomic E-state index is 12.7. The molecule has 2 aromatic rings. The molecule has 2 N–H and O–H groups in total. The summed E-state index contributed by atoms with van der Waals surface area (Å²) in [6.07, 6.45) is 1.53. The summed E-state index contributed by atoms with van der Waals surface area (Å²) in [5.41, 5.74) is 4.95. The molecule has 1 aromatic heterocycles. The Morgan fingerprint density at radius 3 is 2.75 bits per heavy atom. The number of carbonyl (C=O) groups is 2. The Kier molecular flexibility index (Phi) is 6.26. The van der Waals surface area contributed by atoms with Gasteiger partial charge in [0.15, 0.2) is 5.76 Å². The Labute approximate surface area is 172 Å². The lowest BCUT2D eigenvalue weighted by Crippen LogP contribution is -2.22. The van der Waals surface area contributed by atoms with E-state index in [9.17, 15) is 9.59 Å². The third-order valence-electron chi connectivity index (χ3n) is 4.27. The van der Waals surface area contributed by atoms with Crippen LogP contribution in [-0.2, 0) is 11.2 Å². The molecule has 7 nitrogen and oxygen atoms in total. The number of ether oxygens (including phenoxy) is 1. The molecule has 0 spiro atoms. The lowest BCUT2D eigenvalue weighted by atomic mass is 9.93. The smallest absolute Gasteiger partial charge is 0.427 e. The Morgan fingerprint density at radius 1 is 1.25 bits per heavy atom. The lowest BCUT2D eigenvalue weighted by molar-refractivity contribution is 0.0994. The van der Waals surface area contributed by atoms with Gasteiger partial charge in [-0.05, 0) is 44.9 Å². The van der Waals surface area contributed by atoms with Gasteiger partial charge < -0.3 is 14.5 Å². The molecule has 28 heavy (non-hydrogen) atoms. The van der Waals surface area contributed by atoms with Crippen LogP contribution < -0.4 is 10.7 Å². The highest BCUT2D eigenvalue weighted by molar-refractivity contribution is 6.42. The number of furan rings is 1. The maximum atomic E-state index is 12.7. The monoisotopic (exact) mass is 423 g/mol. The van der Waals surface area contributed by atoms with Crippen molar-refractivity contribution in [3.05, 3.63) is 50.9 Å². The third-order valence-corrected chi connectivity index (χ3v) is 5.01. The zero-order valence-electron chi connectivity index (χ0n) is 15.4. The topological polar surface area (TPSA) is 92.9 Å². The molecule has 0 aliphatic heterocycles. The number of nitrogens with one attached hydrogen (secondary N) is 2. The second kappa shape index (κ2) is 8.67. The first-order chi connectivity index (χ1) is 13.4. The predicted molar refractivity (Wildman–Crippen MR) is 107 cm³/mol. The average Bonchev–Trinajstić information content (AvgIpc) is 3.01. The van der Waals surface area contributed by atoms with Crippen LogP contribution in [0.3, 0.4) is 0 Å². The van der Waals surface area contributed by atoms with Crippen molar-refractivity contribution in [3.63, 3.8) is 0 Å². The summed E-state index contributed by atoms with van der Waals surface area (Å²) in [4.78, 5) is 24.2. The number of anilines is 1. The summed E-state index contributed by atoms with van der Waals surface area (Å²) < 4.78 is 10.6. The van der Waals surface area contributed by atoms with Crippen LogP contribution in [0.5, 0.6) is 0 Å². The summed E-state index contributed by atoms with van der Waals surface area (Å²) in [6, 6.07) is 4.82. The van der Waals surface area contributed by atoms with Crippen LogP contribution in [0.25, 0.3) is 0 Å². The molecule has 9 heteroatoms. The molecule has 0 saturated carbocycles. The first-order valence-electron chi connectivity index (χ1n) is 8.79. The van der Waals surface area contributed by atoms with E-state index >= 15 is 0 Å². The minimum absolute atomic E-state index is 0.196. The fourth-order valence-electron chi connectivity index (χ4n) is 3.03. The number of hydrogen-bond acceptors (Lipinski definition) is 5. The molecule has 1 aliphatic rings. The zero-order valence-corrected chi connectivity index (χ0v) is 16.9. The van der Waals surface area contributed by atoms with Crippen molar-refractivity contribution in [1.82, 2.24) is 5.43 Å². The summed E-state index contributed by atoms with van der Waals surface area (Å²) in [6.45, 7) is 3.76. The van der Waals surface area contributed by atoms with E-state index in [1.165, 1.54) is 0 Å². The van der Waals surface area contributed by atoms with Crippen LogP contribution >= 0.6 is 23.2 Å². The third kappa shape index (κ3) is 4.31. The normalized spacial score (nSPS) is 14.5. The summed E-state index contributed by atoms with van der Waals surface area (Å²) >= 11 is 11.9. The number of benzene rings is 1. The number of nitrogens with zero attached hydrogens (tertiary/aromatic N) is 1. The van der Waals surface area contributed by atoms with Gasteiger partial charge in [-0.2, -0.15) is 5.10 Å². The molecule has 148 valence electrons. The fraction of sp³-hybridized carbons (Fsp3) is 0.316. The number of aryl methyl sites for hydroxylation is 1. The predicted octanol–water partition coefficient (Wildman–Crippen LogP) is 4.93. The van der Waals surface area contributed by atoms with Crippen molar-refractivity contribution >= 4 is 46.6 Å². The molecular weight excluding hydrogens is 405 g/mol. The molecule has 0 radical (unpaired) electrons. The molecule has 0 saturated heterocycles. The average molecular weight is 424 g/mol. The molecule has 0 unspecified atom stereocenters. The van der Waals surface area contributed by atoms with E-state index in [-0.39, 0.29) is 12.4 Å². The lowest BCUT2D eigenvalue weighted by Gasteiger charge is -2.13. The van der Waals surface area contributed by atoms with Gasteiger partial charge in [0, 0.05) is 23.2 Å². The van der Waals surface area contributed by atoms with Gasteiger partial charge in [-0.15, -0.1) is 0 Å². The van der Waals surface area contributed by atoms with E-state index in [0.717, 1.165) is 12.0 Å². The van der Waals surface area contributed by atoms with Crippen molar-refractivity contribution in [2.24, 2.45) is 5.10 Å². The van der Waals surface area contributed by atoms with E-state index in [0.29, 0.717) is 45.6 Å². The first kappa shape index (κ1) is 20.2. The van der Waals surface area contributed by atoms with Crippen LogP contribution in [-0.4, -0.2) is 24.3 Å². The van der Waals surface area contributed by atoms with E-state index in [4.69, 9.17) is 32.4 Å². The standard InChI is InChI=1S/C19H19Cl2N3O4/c1-3-27-19(26)24-23-14-5-4-6-15-16(14)10(2)17(28-15)18(25)22-11-7-8-12(20)13(21)9-11/h7-9H,3-6H2,1-2H3,(H,22,25)(H,24,26)/b23-14+. The van der Waals surface area contributed by atoms with Gasteiger partial charge in [-0.25, -0.2) is 10.2 Å². The van der Waals surface area contributed by atoms with Crippen molar-refractivity contribution in [1.29, 1.82) is 0 Å². The van der Waals surface area contributed by atoms with Crippen molar-refractivity contribution in [2.75, 3.05) is 11.9 Å². The molecule has 1 aliphatic carbocycles. The van der Waals surface area contributed by atoms with Crippen LogP contribution in [0, 0.1) is 6.92 Å². The van der Waals surface area contributed by atoms with E-state index < -0.39 is 12.0 Å². The quantitative estimate of drug-likeness (QED) is 0.681. The van der Waals surface area contributed by atoms with Crippen molar-refractivity contribution < 1.29 is 18.7 Å². The van der Waals surface area contributed by atoms with E-state index in [1.54, 1.807) is 32.0 Å². The minimum atomic E-state index is -0.624. The number of hydrogen-bond donors (Lipinski definition) is 2. The van der Waals surface area contributed by atoms with E-state index in [1.807, 2.05) is 0 Å². The van der Waals surface area contributed by atoms with E-state index in [2.05, 4.69) is 15.8 Å². The minimum Gasteiger partial charge on any atom is -0.455 e. The van der Waals surface area contributed by atoms with Crippen LogP contribution in [0.15, 0.2) is 27.7 Å². The second-order valence-electron chi connectivity index (χ2n) is 6.18. The SMILES string of the molecule is CCOC(=O)N/N=C1\CCCc2oc(C(=O)Nc3ccc(Cl)c(Cl)c3)c(C)c21. The number of halogens is 2. The largest absolute Gasteiger partial charge is 0.455 e. The van der Waals surface area contributed by atoms with Gasteiger partial charge in [-0.1, -0.05) is 23.2 Å². The summed E-state index contributed by atoms with van der Waals surface area (Å²) in [7, 11) is 0. The highest BCUT2D eigenvalue weighted by Crippen LogP contribution is 2.31. The number of fused-ring (bicyclic) bond motifs is 1. The van der Waals surface area contributed by atoms with Crippen LogP contribution in [0.1, 0.15) is 47.2 Å². The molecule has 1 aromatic carbocycles.